The molecule has 0 aliphatic carbocycles. The molecule has 2 aromatic heterocycles. The molecule has 0 atom stereocenters. The Morgan fingerprint density at radius 3 is 3.40 bits per heavy atom. The van der Waals surface area contributed by atoms with Crippen LogP contribution in [0.5, 0.6) is 0 Å². The summed E-state index contributed by atoms with van der Waals surface area (Å²) < 4.78 is 6.46. The first kappa shape index (κ1) is 5.22. The first-order chi connectivity index (χ1) is 4.92. The van der Waals surface area contributed by atoms with E-state index in [9.17, 15) is 0 Å². The van der Waals surface area contributed by atoms with Gasteiger partial charge in [-0.3, -0.25) is 5.41 Å². The van der Waals surface area contributed by atoms with Crippen molar-refractivity contribution in [3.05, 3.63) is 18.5 Å². The van der Waals surface area contributed by atoms with E-state index in [1.807, 2.05) is 0 Å². The first-order valence-corrected chi connectivity index (χ1v) is 2.83. The second-order valence-electron chi connectivity index (χ2n) is 1.93. The van der Waals surface area contributed by atoms with Gasteiger partial charge in [-0.15, -0.1) is 0 Å². The second-order valence-corrected chi connectivity index (χ2v) is 1.93. The van der Waals surface area contributed by atoms with Crippen LogP contribution in [0.2, 0.25) is 0 Å². The zero-order valence-electron chi connectivity index (χ0n) is 5.11. The molecule has 0 saturated carbocycles. The number of aromatic nitrogens is 2. The van der Waals surface area contributed by atoms with Gasteiger partial charge in [0.25, 0.3) is 0 Å². The molecule has 50 valence electrons. The highest BCUT2D eigenvalue weighted by molar-refractivity contribution is 5.80. The van der Waals surface area contributed by atoms with Crippen molar-refractivity contribution in [3.8, 4) is 0 Å². The van der Waals surface area contributed by atoms with E-state index in [1.165, 1.54) is 6.34 Å². The number of rotatable bonds is 1. The van der Waals surface area contributed by atoms with E-state index in [2.05, 4.69) is 5.16 Å². The van der Waals surface area contributed by atoms with Crippen molar-refractivity contribution in [2.24, 2.45) is 0 Å². The van der Waals surface area contributed by atoms with E-state index >= 15 is 0 Å². The Labute approximate surface area is 56.5 Å². The normalized spacial score (nSPS) is 10.4. The van der Waals surface area contributed by atoms with Gasteiger partial charge in [-0.05, 0) is 0 Å². The lowest BCUT2D eigenvalue weighted by Crippen LogP contribution is -1.87. The van der Waals surface area contributed by atoms with E-state index in [0.717, 1.165) is 5.52 Å². The van der Waals surface area contributed by atoms with Crippen LogP contribution < -0.4 is 0 Å². The Balaban J connectivity index is 2.88. The van der Waals surface area contributed by atoms with Crippen molar-refractivity contribution in [2.75, 3.05) is 0 Å². The molecule has 2 aromatic rings. The van der Waals surface area contributed by atoms with Crippen LogP contribution in [0, 0.1) is 5.41 Å². The number of nitrogens with zero attached hydrogens (tertiary/aromatic N) is 2. The molecule has 0 radical (unpaired) electrons. The van der Waals surface area contributed by atoms with Crippen molar-refractivity contribution < 1.29 is 4.52 Å². The molecule has 1 N–H and O–H groups in total. The van der Waals surface area contributed by atoms with E-state index in [0.29, 0.717) is 5.58 Å². The number of hydrogen-bond acceptors (Lipinski definition) is 3. The maximum absolute atomic E-state index is 6.95. The van der Waals surface area contributed by atoms with Gasteiger partial charge in [0.1, 0.15) is 5.52 Å². The first-order valence-electron chi connectivity index (χ1n) is 2.83. The minimum absolute atomic E-state index is 0.712. The van der Waals surface area contributed by atoms with Crippen molar-refractivity contribution in [2.45, 2.75) is 0 Å². The summed E-state index contributed by atoms with van der Waals surface area (Å²) in [7, 11) is 0. The number of hydrogen-bond donors (Lipinski definition) is 1. The summed E-state index contributed by atoms with van der Waals surface area (Å²) in [6.07, 6.45) is 4.54. The predicted molar refractivity (Wildman–Crippen MR) is 36.2 cm³/mol. The summed E-state index contributed by atoms with van der Waals surface area (Å²) in [5.41, 5.74) is 1.54. The van der Waals surface area contributed by atoms with Gasteiger partial charge in [0.2, 0.25) is 0 Å². The standard InChI is InChI=1S/C6H5N3O/c7-4-9-2-1-6-5(9)3-8-10-6/h1-4,7H. The Morgan fingerprint density at radius 2 is 2.60 bits per heavy atom. The average Bonchev–Trinajstić information content (AvgIpc) is 2.44. The lowest BCUT2D eigenvalue weighted by Gasteiger charge is -1.85. The molecule has 0 aromatic carbocycles. The summed E-state index contributed by atoms with van der Waals surface area (Å²) in [5, 5.41) is 10.5. The van der Waals surface area contributed by atoms with Gasteiger partial charge in [0.05, 0.1) is 12.5 Å². The smallest absolute Gasteiger partial charge is 0.185 e. The summed E-state index contributed by atoms with van der Waals surface area (Å²) in [4.78, 5) is 0. The molecule has 4 heteroatoms. The van der Waals surface area contributed by atoms with E-state index < -0.39 is 0 Å². The topological polar surface area (TPSA) is 54.8 Å². The van der Waals surface area contributed by atoms with Crippen LogP contribution in [0.1, 0.15) is 0 Å². The van der Waals surface area contributed by atoms with Gasteiger partial charge in [-0.2, -0.15) is 0 Å². The van der Waals surface area contributed by atoms with Crippen LogP contribution in [0.15, 0.2) is 23.0 Å². The molecular weight excluding hydrogens is 130 g/mol. The Morgan fingerprint density at radius 1 is 1.70 bits per heavy atom. The highest BCUT2D eigenvalue weighted by Crippen LogP contribution is 2.11. The van der Waals surface area contributed by atoms with Gasteiger partial charge < -0.3 is 9.09 Å². The van der Waals surface area contributed by atoms with Gasteiger partial charge >= 0.3 is 0 Å². The van der Waals surface area contributed by atoms with Crippen molar-refractivity contribution in [3.63, 3.8) is 0 Å². The quantitative estimate of drug-likeness (QED) is 0.470. The maximum Gasteiger partial charge on any atom is 0.185 e. The fourth-order valence-corrected chi connectivity index (χ4v) is 0.894. The fourth-order valence-electron chi connectivity index (χ4n) is 0.894. The predicted octanol–water partition coefficient (Wildman–Crippen LogP) is 1.08. The van der Waals surface area contributed by atoms with Crippen LogP contribution in [-0.4, -0.2) is 16.1 Å². The van der Waals surface area contributed by atoms with Crippen LogP contribution in [0.3, 0.4) is 0 Å². The second kappa shape index (κ2) is 1.70. The maximum atomic E-state index is 6.95. The lowest BCUT2D eigenvalue weighted by atomic mass is 10.5. The highest BCUT2D eigenvalue weighted by Gasteiger charge is 2.00. The SMILES string of the molecule is N=Cn1ccc2oncc21. The highest BCUT2D eigenvalue weighted by atomic mass is 16.5. The van der Waals surface area contributed by atoms with E-state index in [1.54, 1.807) is 23.0 Å². The van der Waals surface area contributed by atoms with E-state index in [-0.39, 0.29) is 0 Å². The molecule has 0 amide bonds. The monoisotopic (exact) mass is 135 g/mol. The van der Waals surface area contributed by atoms with Crippen LogP contribution in [-0.2, 0) is 0 Å². The molecule has 0 aliphatic rings. The van der Waals surface area contributed by atoms with Crippen molar-refractivity contribution in [1.29, 1.82) is 5.41 Å². The molecular formula is C6H5N3O. The third-order valence-electron chi connectivity index (χ3n) is 1.38. The minimum Gasteiger partial charge on any atom is -0.355 e. The minimum atomic E-state index is 0.712. The summed E-state index contributed by atoms with van der Waals surface area (Å²) >= 11 is 0. The third-order valence-corrected chi connectivity index (χ3v) is 1.38. The Kier molecular flexibility index (Phi) is 0.887. The fraction of sp³-hybridized carbons (Fsp3) is 0. The van der Waals surface area contributed by atoms with Gasteiger partial charge in [0.15, 0.2) is 5.58 Å². The summed E-state index contributed by atoms with van der Waals surface area (Å²) in [6, 6.07) is 1.77. The zero-order valence-corrected chi connectivity index (χ0v) is 5.11. The molecule has 0 fully saturated rings. The van der Waals surface area contributed by atoms with Crippen LogP contribution in [0.4, 0.5) is 0 Å². The largest absolute Gasteiger partial charge is 0.355 e. The lowest BCUT2D eigenvalue weighted by molar-refractivity contribution is 0.456. The third kappa shape index (κ3) is 0.500. The molecule has 4 nitrogen and oxygen atoms in total. The zero-order chi connectivity index (χ0) is 6.97. The molecule has 0 saturated heterocycles. The van der Waals surface area contributed by atoms with Crippen molar-refractivity contribution in [1.82, 2.24) is 9.72 Å². The molecule has 2 heterocycles. The summed E-state index contributed by atoms with van der Waals surface area (Å²) in [5.74, 6) is 0. The van der Waals surface area contributed by atoms with Crippen LogP contribution in [0.25, 0.3) is 11.1 Å². The molecule has 2 rings (SSSR count). The van der Waals surface area contributed by atoms with Gasteiger partial charge in [-0.25, -0.2) is 0 Å². The average molecular weight is 135 g/mol. The van der Waals surface area contributed by atoms with Gasteiger partial charge in [0, 0.05) is 12.3 Å². The molecule has 0 aliphatic heterocycles. The number of fused-ring (bicyclic) bond motifs is 1. The van der Waals surface area contributed by atoms with Crippen LogP contribution >= 0.6 is 0 Å². The Hall–Kier alpha value is -1.58. The number of nitrogens with one attached hydrogen (secondary N) is 1. The molecule has 0 unspecified atom stereocenters. The van der Waals surface area contributed by atoms with E-state index in [4.69, 9.17) is 9.93 Å². The molecule has 10 heavy (non-hydrogen) atoms. The molecule has 0 bridgehead atoms. The Bertz CT molecular complexity index is 360. The summed E-state index contributed by atoms with van der Waals surface area (Å²) in [6.45, 7) is 0. The van der Waals surface area contributed by atoms with Crippen molar-refractivity contribution >= 4 is 17.4 Å². The molecule has 0 spiro atoms. The van der Waals surface area contributed by atoms with Gasteiger partial charge in [-0.1, -0.05) is 5.16 Å².